The molecule has 2 bridgehead atoms. The van der Waals surface area contributed by atoms with Gasteiger partial charge in [0.2, 0.25) is 0 Å². The van der Waals surface area contributed by atoms with Gasteiger partial charge in [0.15, 0.2) is 0 Å². The van der Waals surface area contributed by atoms with Crippen LogP contribution in [0, 0.1) is 0 Å². The van der Waals surface area contributed by atoms with Crippen LogP contribution in [0.1, 0.15) is 25.7 Å². The van der Waals surface area contributed by atoms with Crippen molar-refractivity contribution in [1.82, 2.24) is 0 Å². The lowest BCUT2D eigenvalue weighted by molar-refractivity contribution is 0.173. The lowest BCUT2D eigenvalue weighted by Crippen LogP contribution is -1.91. The third-order valence-corrected chi connectivity index (χ3v) is 2.63. The monoisotopic (exact) mass is 222 g/mol. The molecule has 16 heavy (non-hydrogen) atoms. The van der Waals surface area contributed by atoms with E-state index in [4.69, 9.17) is 9.47 Å². The number of allylic oxidation sites excluding steroid dienone is 6. The minimum Gasteiger partial charge on any atom is -0.385 e. The van der Waals surface area contributed by atoms with Gasteiger partial charge in [-0.2, -0.15) is 0 Å². The summed E-state index contributed by atoms with van der Waals surface area (Å²) >= 11 is 0. The number of methoxy groups -OCH3 is 2. The van der Waals surface area contributed by atoms with Gasteiger partial charge in [0.25, 0.3) is 0 Å². The normalized spacial score (nSPS) is 15.6. The maximum Gasteiger partial charge on any atom is 0.0462 e. The summed E-state index contributed by atoms with van der Waals surface area (Å²) in [6, 6.07) is 0. The number of fused-ring (bicyclic) bond motifs is 2. The molecule has 0 N–H and O–H groups in total. The molecule has 0 amide bonds. The molecule has 0 saturated carbocycles. The zero-order valence-electron chi connectivity index (χ0n) is 10.4. The summed E-state index contributed by atoms with van der Waals surface area (Å²) in [4.78, 5) is 0. The fraction of sp³-hybridized carbons (Fsp3) is 0.571. The van der Waals surface area contributed by atoms with Crippen molar-refractivity contribution in [2.24, 2.45) is 0 Å². The molecular weight excluding hydrogens is 200 g/mol. The number of hydrogen-bond acceptors (Lipinski definition) is 2. The van der Waals surface area contributed by atoms with Crippen molar-refractivity contribution in [3.63, 3.8) is 0 Å². The first-order valence-corrected chi connectivity index (χ1v) is 5.92. The van der Waals surface area contributed by atoms with E-state index in [1.54, 1.807) is 14.2 Å². The van der Waals surface area contributed by atoms with Gasteiger partial charge in [0.05, 0.1) is 0 Å². The van der Waals surface area contributed by atoms with E-state index in [1.165, 1.54) is 24.0 Å². The van der Waals surface area contributed by atoms with Crippen LogP contribution in [0.3, 0.4) is 0 Å². The van der Waals surface area contributed by atoms with E-state index in [9.17, 15) is 0 Å². The number of unbranched alkanes of at least 4 members (excludes halogenated alkanes) is 2. The molecule has 0 fully saturated rings. The molecule has 0 unspecified atom stereocenters. The summed E-state index contributed by atoms with van der Waals surface area (Å²) in [5, 5.41) is 0. The predicted molar refractivity (Wildman–Crippen MR) is 67.5 cm³/mol. The van der Waals surface area contributed by atoms with E-state index in [-0.39, 0.29) is 0 Å². The molecule has 0 atom stereocenters. The Morgan fingerprint density at radius 1 is 0.875 bits per heavy atom. The van der Waals surface area contributed by atoms with Crippen LogP contribution in [0.5, 0.6) is 0 Å². The highest BCUT2D eigenvalue weighted by atomic mass is 16.5. The third-order valence-electron chi connectivity index (χ3n) is 2.63. The second-order valence-corrected chi connectivity index (χ2v) is 4.04. The molecule has 90 valence electrons. The van der Waals surface area contributed by atoms with E-state index in [2.05, 4.69) is 24.3 Å². The highest BCUT2D eigenvalue weighted by molar-refractivity contribution is 5.49. The minimum absolute atomic E-state index is 0.879. The van der Waals surface area contributed by atoms with Crippen LogP contribution < -0.4 is 0 Å². The van der Waals surface area contributed by atoms with Crippen molar-refractivity contribution in [1.29, 1.82) is 0 Å². The maximum absolute atomic E-state index is 4.88. The first-order chi connectivity index (χ1) is 7.86. The Labute approximate surface area is 98.6 Å². The minimum atomic E-state index is 0.879. The smallest absolute Gasteiger partial charge is 0.0462 e. The summed E-state index contributed by atoms with van der Waals surface area (Å²) in [6.45, 7) is 1.76. The molecule has 2 heteroatoms. The van der Waals surface area contributed by atoms with E-state index < -0.39 is 0 Å². The Kier molecular flexibility index (Phi) is 6.86. The third kappa shape index (κ3) is 5.29. The van der Waals surface area contributed by atoms with Gasteiger partial charge >= 0.3 is 0 Å². The molecule has 0 heterocycles. The summed E-state index contributed by atoms with van der Waals surface area (Å²) in [7, 11) is 3.46. The highest BCUT2D eigenvalue weighted by Crippen LogP contribution is 2.27. The SMILES string of the molecule is C1=CC2=CC=C1C2.COCCCCCOC. The molecule has 0 aromatic carbocycles. The Morgan fingerprint density at radius 3 is 1.62 bits per heavy atom. The fourth-order valence-corrected chi connectivity index (χ4v) is 1.68. The first kappa shape index (κ1) is 13.2. The number of hydrogen-bond donors (Lipinski definition) is 0. The Bertz CT molecular complexity index is 248. The van der Waals surface area contributed by atoms with E-state index >= 15 is 0 Å². The summed E-state index contributed by atoms with van der Waals surface area (Å²) in [5.41, 5.74) is 2.94. The molecule has 2 rings (SSSR count). The fourth-order valence-electron chi connectivity index (χ4n) is 1.68. The summed E-state index contributed by atoms with van der Waals surface area (Å²) in [6.07, 6.45) is 13.4. The van der Waals surface area contributed by atoms with Crippen molar-refractivity contribution >= 4 is 0 Å². The van der Waals surface area contributed by atoms with Gasteiger partial charge in [-0.05, 0) is 36.8 Å². The van der Waals surface area contributed by atoms with E-state index in [1.807, 2.05) is 0 Å². The van der Waals surface area contributed by atoms with Gasteiger partial charge in [0, 0.05) is 27.4 Å². The van der Waals surface area contributed by atoms with Crippen molar-refractivity contribution in [3.05, 3.63) is 35.5 Å². The molecule has 0 radical (unpaired) electrons. The molecule has 0 saturated heterocycles. The topological polar surface area (TPSA) is 18.5 Å². The van der Waals surface area contributed by atoms with Crippen molar-refractivity contribution in [2.45, 2.75) is 25.7 Å². The van der Waals surface area contributed by atoms with Crippen LogP contribution in [0.4, 0.5) is 0 Å². The second kappa shape index (κ2) is 8.31. The van der Waals surface area contributed by atoms with Gasteiger partial charge in [-0.25, -0.2) is 0 Å². The average molecular weight is 222 g/mol. The standard InChI is InChI=1S/C7H16O2.C7H6/c1-8-6-4-3-5-7-9-2;1-2-7-4-3-6(1)5-7/h3-7H2,1-2H3;1-4H,5H2. The van der Waals surface area contributed by atoms with Gasteiger partial charge < -0.3 is 9.47 Å². The van der Waals surface area contributed by atoms with Gasteiger partial charge in [0.1, 0.15) is 0 Å². The molecule has 2 nitrogen and oxygen atoms in total. The van der Waals surface area contributed by atoms with Crippen molar-refractivity contribution < 1.29 is 9.47 Å². The Balaban J connectivity index is 0.000000163. The molecule has 0 aromatic rings. The Morgan fingerprint density at radius 2 is 1.38 bits per heavy atom. The summed E-state index contributed by atoms with van der Waals surface area (Å²) < 4.78 is 9.76. The molecular formula is C14H22O2. The van der Waals surface area contributed by atoms with Crippen LogP contribution in [0.15, 0.2) is 35.5 Å². The average Bonchev–Trinajstić information content (AvgIpc) is 2.94. The van der Waals surface area contributed by atoms with E-state index in [0.717, 1.165) is 26.1 Å². The Hall–Kier alpha value is -0.860. The molecule has 0 spiro atoms. The van der Waals surface area contributed by atoms with Crippen LogP contribution in [-0.2, 0) is 9.47 Å². The molecule has 2 aliphatic rings. The van der Waals surface area contributed by atoms with Crippen LogP contribution in [-0.4, -0.2) is 27.4 Å². The zero-order valence-corrected chi connectivity index (χ0v) is 10.4. The second-order valence-electron chi connectivity index (χ2n) is 4.04. The zero-order chi connectivity index (χ0) is 11.6. The predicted octanol–water partition coefficient (Wildman–Crippen LogP) is 3.26. The quantitative estimate of drug-likeness (QED) is 0.642. The van der Waals surface area contributed by atoms with Gasteiger partial charge in [-0.3, -0.25) is 0 Å². The summed E-state index contributed by atoms with van der Waals surface area (Å²) in [5.74, 6) is 0. The number of rotatable bonds is 6. The largest absolute Gasteiger partial charge is 0.385 e. The van der Waals surface area contributed by atoms with E-state index in [0.29, 0.717) is 0 Å². The molecule has 2 aliphatic carbocycles. The van der Waals surface area contributed by atoms with Crippen molar-refractivity contribution in [2.75, 3.05) is 27.4 Å². The lowest BCUT2D eigenvalue weighted by atomic mass is 10.2. The van der Waals surface area contributed by atoms with Gasteiger partial charge in [-0.1, -0.05) is 24.3 Å². The molecule has 0 aliphatic heterocycles. The van der Waals surface area contributed by atoms with Crippen LogP contribution in [0.2, 0.25) is 0 Å². The molecule has 0 aromatic heterocycles. The first-order valence-electron chi connectivity index (χ1n) is 5.92. The van der Waals surface area contributed by atoms with Crippen LogP contribution in [0.25, 0.3) is 0 Å². The van der Waals surface area contributed by atoms with Crippen molar-refractivity contribution in [3.8, 4) is 0 Å². The number of ether oxygens (including phenoxy) is 2. The maximum atomic E-state index is 4.88. The highest BCUT2D eigenvalue weighted by Gasteiger charge is 2.07. The van der Waals surface area contributed by atoms with Crippen LogP contribution >= 0.6 is 0 Å². The lowest BCUT2D eigenvalue weighted by Gasteiger charge is -1.97. The van der Waals surface area contributed by atoms with Gasteiger partial charge in [-0.15, -0.1) is 0 Å².